The summed E-state index contributed by atoms with van der Waals surface area (Å²) >= 11 is 0. The zero-order valence-corrected chi connectivity index (χ0v) is 17.0. The van der Waals surface area contributed by atoms with E-state index in [0.717, 1.165) is 17.8 Å². The first-order valence-electron chi connectivity index (χ1n) is 9.53. The summed E-state index contributed by atoms with van der Waals surface area (Å²) in [6.45, 7) is 23.4. The summed E-state index contributed by atoms with van der Waals surface area (Å²) in [6, 6.07) is 0. The van der Waals surface area contributed by atoms with Gasteiger partial charge in [0, 0.05) is 0 Å². The molecule has 0 aromatic carbocycles. The molecule has 0 amide bonds. The molecule has 0 heteroatoms. The summed E-state index contributed by atoms with van der Waals surface area (Å²) in [4.78, 5) is 0. The van der Waals surface area contributed by atoms with Crippen LogP contribution in [-0.2, 0) is 0 Å². The van der Waals surface area contributed by atoms with Gasteiger partial charge in [0.1, 0.15) is 0 Å². The van der Waals surface area contributed by atoms with E-state index in [1.54, 1.807) is 0 Å². The Bertz CT molecular complexity index is 104. The molecule has 0 bridgehead atoms. The number of hydrogen-bond acceptors (Lipinski definition) is 0. The molecule has 0 heterocycles. The highest BCUT2D eigenvalue weighted by Crippen LogP contribution is 2.36. The predicted molar refractivity (Wildman–Crippen MR) is 101 cm³/mol. The summed E-state index contributed by atoms with van der Waals surface area (Å²) < 4.78 is 0. The van der Waals surface area contributed by atoms with Gasteiger partial charge in [0.25, 0.3) is 0 Å². The Labute approximate surface area is 133 Å². The third-order valence-corrected chi connectivity index (χ3v) is 2.87. The van der Waals surface area contributed by atoms with Crippen LogP contribution in [0, 0.1) is 17.8 Å². The molecular weight excluding hydrogens is 240 g/mol. The smallest absolute Gasteiger partial charge is 0.0386 e. The molecule has 1 fully saturated rings. The van der Waals surface area contributed by atoms with E-state index < -0.39 is 0 Å². The van der Waals surface area contributed by atoms with Gasteiger partial charge in [0.15, 0.2) is 0 Å². The lowest BCUT2D eigenvalue weighted by molar-refractivity contribution is 0.195. The molecule has 20 heavy (non-hydrogen) atoms. The Hall–Kier alpha value is 0. The largest absolute Gasteiger partial charge is 0.0683 e. The Balaban J connectivity index is -0.0000000988. The monoisotopic (exact) mass is 288 g/mol. The van der Waals surface area contributed by atoms with Gasteiger partial charge in [-0.25, -0.2) is 0 Å². The minimum absolute atomic E-state index is 0.833. The van der Waals surface area contributed by atoms with Crippen molar-refractivity contribution in [3.8, 4) is 0 Å². The second-order valence-electron chi connectivity index (χ2n) is 5.71. The SMILES string of the molecule is CC.CC.CC(C)C.CCC.CCC(CC)C1CCC1. The fourth-order valence-corrected chi connectivity index (χ4v) is 1.87. The molecule has 0 atom stereocenters. The van der Waals surface area contributed by atoms with Crippen molar-refractivity contribution in [1.82, 2.24) is 0 Å². The first-order chi connectivity index (χ1) is 9.53. The van der Waals surface area contributed by atoms with Gasteiger partial charge in [-0.05, 0) is 17.8 Å². The molecule has 1 aliphatic carbocycles. The third kappa shape index (κ3) is 26.5. The molecule has 0 radical (unpaired) electrons. The van der Waals surface area contributed by atoms with E-state index in [9.17, 15) is 0 Å². The van der Waals surface area contributed by atoms with Gasteiger partial charge in [0.05, 0.1) is 0 Å². The van der Waals surface area contributed by atoms with Crippen LogP contribution in [-0.4, -0.2) is 0 Å². The summed E-state index contributed by atoms with van der Waals surface area (Å²) in [5.41, 5.74) is 0. The molecule has 0 saturated heterocycles. The lowest BCUT2D eigenvalue weighted by atomic mass is 9.74. The van der Waals surface area contributed by atoms with Gasteiger partial charge in [-0.3, -0.25) is 0 Å². The Morgan fingerprint density at radius 1 is 0.750 bits per heavy atom. The Morgan fingerprint density at radius 2 is 1.00 bits per heavy atom. The van der Waals surface area contributed by atoms with Crippen LogP contribution in [0.3, 0.4) is 0 Å². The summed E-state index contributed by atoms with van der Waals surface area (Å²) in [7, 11) is 0. The van der Waals surface area contributed by atoms with Crippen LogP contribution in [0.25, 0.3) is 0 Å². The lowest BCUT2D eigenvalue weighted by Gasteiger charge is -2.32. The first kappa shape index (κ1) is 28.2. The van der Waals surface area contributed by atoms with E-state index in [0.29, 0.717) is 0 Å². The van der Waals surface area contributed by atoms with Gasteiger partial charge in [0.2, 0.25) is 0 Å². The first-order valence-corrected chi connectivity index (χ1v) is 9.53. The van der Waals surface area contributed by atoms with Gasteiger partial charge in [-0.1, -0.05) is 115 Å². The highest BCUT2D eigenvalue weighted by Gasteiger charge is 2.23. The molecule has 0 aromatic heterocycles. The van der Waals surface area contributed by atoms with Crippen molar-refractivity contribution in [1.29, 1.82) is 0 Å². The van der Waals surface area contributed by atoms with E-state index in [-0.39, 0.29) is 0 Å². The Kier molecular flexibility index (Phi) is 38.6. The standard InChI is InChI=1S/C9H18.C4H10.C3H8.2C2H6/c1-3-8(4-2)9-6-5-7-9;1-4(2)3;1-3-2;2*1-2/h8-9H,3-7H2,1-2H3;4H,1-3H3;3H2,1-2H3;2*1-2H3. The van der Waals surface area contributed by atoms with E-state index in [1.807, 2.05) is 27.7 Å². The quantitative estimate of drug-likeness (QED) is 0.489. The van der Waals surface area contributed by atoms with Gasteiger partial charge in [-0.2, -0.15) is 0 Å². The molecule has 0 nitrogen and oxygen atoms in total. The van der Waals surface area contributed by atoms with E-state index in [1.165, 1.54) is 38.5 Å². The van der Waals surface area contributed by atoms with Crippen molar-refractivity contribution in [2.75, 3.05) is 0 Å². The normalized spacial score (nSPS) is 12.4. The second kappa shape index (κ2) is 27.4. The molecule has 1 saturated carbocycles. The van der Waals surface area contributed by atoms with Crippen LogP contribution in [0.1, 0.15) is 115 Å². The molecule has 1 aliphatic rings. The van der Waals surface area contributed by atoms with E-state index in [2.05, 4.69) is 48.5 Å². The summed E-state index contributed by atoms with van der Waals surface area (Å²) in [5, 5.41) is 0. The molecular formula is C20H48. The molecule has 0 unspecified atom stereocenters. The fourth-order valence-electron chi connectivity index (χ4n) is 1.87. The van der Waals surface area contributed by atoms with E-state index >= 15 is 0 Å². The zero-order chi connectivity index (χ0) is 17.0. The van der Waals surface area contributed by atoms with Crippen LogP contribution in [0.2, 0.25) is 0 Å². The van der Waals surface area contributed by atoms with Crippen molar-refractivity contribution in [2.24, 2.45) is 17.8 Å². The second-order valence-corrected chi connectivity index (χ2v) is 5.71. The summed E-state index contributed by atoms with van der Waals surface area (Å²) in [6.07, 6.45) is 8.60. The number of hydrogen-bond donors (Lipinski definition) is 0. The maximum absolute atomic E-state index is 2.33. The maximum atomic E-state index is 2.33. The molecule has 0 aromatic rings. The molecule has 128 valence electrons. The minimum Gasteiger partial charge on any atom is -0.0683 e. The fraction of sp³-hybridized carbons (Fsp3) is 1.00. The molecule has 0 spiro atoms. The van der Waals surface area contributed by atoms with Crippen LogP contribution < -0.4 is 0 Å². The lowest BCUT2D eigenvalue weighted by Crippen LogP contribution is -2.20. The average Bonchev–Trinajstić information content (AvgIpc) is 2.38. The minimum atomic E-state index is 0.833. The highest BCUT2D eigenvalue weighted by molar-refractivity contribution is 4.75. The topological polar surface area (TPSA) is 0 Å². The molecule has 0 N–H and O–H groups in total. The third-order valence-electron chi connectivity index (χ3n) is 2.87. The highest BCUT2D eigenvalue weighted by atomic mass is 14.3. The molecule has 0 aliphatic heterocycles. The Morgan fingerprint density at radius 3 is 1.05 bits per heavy atom. The van der Waals surface area contributed by atoms with E-state index in [4.69, 9.17) is 0 Å². The summed E-state index contributed by atoms with van der Waals surface area (Å²) in [5.74, 6) is 3.00. The van der Waals surface area contributed by atoms with Crippen molar-refractivity contribution in [2.45, 2.75) is 115 Å². The van der Waals surface area contributed by atoms with Crippen molar-refractivity contribution in [3.05, 3.63) is 0 Å². The van der Waals surface area contributed by atoms with Crippen molar-refractivity contribution >= 4 is 0 Å². The van der Waals surface area contributed by atoms with Gasteiger partial charge < -0.3 is 0 Å². The van der Waals surface area contributed by atoms with Gasteiger partial charge in [-0.15, -0.1) is 0 Å². The predicted octanol–water partition coefficient (Wildman–Crippen LogP) is 8.35. The number of rotatable bonds is 3. The van der Waals surface area contributed by atoms with Crippen LogP contribution in [0.15, 0.2) is 0 Å². The average molecular weight is 289 g/mol. The van der Waals surface area contributed by atoms with Crippen LogP contribution in [0.4, 0.5) is 0 Å². The zero-order valence-electron chi connectivity index (χ0n) is 17.0. The van der Waals surface area contributed by atoms with Crippen molar-refractivity contribution < 1.29 is 0 Å². The van der Waals surface area contributed by atoms with Crippen molar-refractivity contribution in [3.63, 3.8) is 0 Å². The van der Waals surface area contributed by atoms with Crippen LogP contribution in [0.5, 0.6) is 0 Å². The van der Waals surface area contributed by atoms with Crippen LogP contribution >= 0.6 is 0 Å². The molecule has 1 rings (SSSR count). The van der Waals surface area contributed by atoms with Gasteiger partial charge >= 0.3 is 0 Å². The maximum Gasteiger partial charge on any atom is -0.0386 e.